The highest BCUT2D eigenvalue weighted by molar-refractivity contribution is 7.89. The quantitative estimate of drug-likeness (QED) is 0.719. The lowest BCUT2D eigenvalue weighted by Crippen LogP contribution is -2.23. The number of benzene rings is 2. The van der Waals surface area contributed by atoms with E-state index in [1.54, 1.807) is 6.07 Å². The van der Waals surface area contributed by atoms with Gasteiger partial charge in [-0.05, 0) is 29.7 Å². The summed E-state index contributed by atoms with van der Waals surface area (Å²) in [5, 5.41) is 1.04. The molecule has 7 heteroatoms. The summed E-state index contributed by atoms with van der Waals surface area (Å²) in [4.78, 5) is 3.31. The standard InChI is InChI=1S/C17H18N2O4S/c1-22-16-8-7-14(10-17(16)23-2)24(20,21)18-11-13-9-12-5-3-4-6-15(12)19-13/h3-10,18-19H,11H2,1-2H3. The summed E-state index contributed by atoms with van der Waals surface area (Å²) in [5.74, 6) is 0.845. The zero-order valence-electron chi connectivity index (χ0n) is 13.4. The topological polar surface area (TPSA) is 80.4 Å². The SMILES string of the molecule is COc1ccc(S(=O)(=O)NCc2cc3ccccc3[nH]2)cc1OC. The van der Waals surface area contributed by atoms with E-state index < -0.39 is 10.0 Å². The van der Waals surface area contributed by atoms with Crippen LogP contribution in [-0.4, -0.2) is 27.6 Å². The van der Waals surface area contributed by atoms with E-state index in [2.05, 4.69) is 9.71 Å². The van der Waals surface area contributed by atoms with Crippen molar-refractivity contribution in [3.05, 3.63) is 54.2 Å². The molecule has 0 fully saturated rings. The molecule has 0 amide bonds. The first-order valence-electron chi connectivity index (χ1n) is 7.32. The Bertz CT molecular complexity index is 931. The van der Waals surface area contributed by atoms with Crippen LogP contribution < -0.4 is 14.2 Å². The van der Waals surface area contributed by atoms with Crippen LogP contribution in [0.2, 0.25) is 0 Å². The Morgan fingerprint density at radius 2 is 1.75 bits per heavy atom. The molecular formula is C17H18N2O4S. The molecule has 0 aliphatic carbocycles. The Labute approximate surface area is 140 Å². The summed E-state index contributed by atoms with van der Waals surface area (Å²) in [6.07, 6.45) is 0. The number of hydrogen-bond donors (Lipinski definition) is 2. The highest BCUT2D eigenvalue weighted by Gasteiger charge is 2.17. The van der Waals surface area contributed by atoms with Crippen molar-refractivity contribution < 1.29 is 17.9 Å². The first-order chi connectivity index (χ1) is 11.5. The molecule has 0 atom stereocenters. The second-order valence-corrected chi connectivity index (χ2v) is 6.99. The zero-order chi connectivity index (χ0) is 17.2. The van der Waals surface area contributed by atoms with Gasteiger partial charge in [0, 0.05) is 17.3 Å². The molecule has 3 aromatic rings. The van der Waals surface area contributed by atoms with E-state index in [0.717, 1.165) is 16.6 Å². The molecule has 0 aliphatic rings. The second-order valence-electron chi connectivity index (χ2n) is 5.22. The fourth-order valence-electron chi connectivity index (χ4n) is 2.47. The van der Waals surface area contributed by atoms with Gasteiger partial charge in [-0.25, -0.2) is 13.1 Å². The summed E-state index contributed by atoms with van der Waals surface area (Å²) in [6.45, 7) is 0.172. The van der Waals surface area contributed by atoms with E-state index in [-0.39, 0.29) is 11.4 Å². The third-order valence-corrected chi connectivity index (χ3v) is 5.10. The number of aromatic nitrogens is 1. The van der Waals surface area contributed by atoms with Gasteiger partial charge in [0.1, 0.15) is 0 Å². The second kappa shape index (κ2) is 6.54. The lowest BCUT2D eigenvalue weighted by molar-refractivity contribution is 0.354. The van der Waals surface area contributed by atoms with Gasteiger partial charge in [-0.1, -0.05) is 18.2 Å². The van der Waals surface area contributed by atoms with Crippen molar-refractivity contribution in [2.45, 2.75) is 11.4 Å². The highest BCUT2D eigenvalue weighted by atomic mass is 32.2. The van der Waals surface area contributed by atoms with Gasteiger partial charge in [0.25, 0.3) is 0 Å². The van der Waals surface area contributed by atoms with E-state index in [1.807, 2.05) is 30.3 Å². The van der Waals surface area contributed by atoms with E-state index in [9.17, 15) is 8.42 Å². The minimum absolute atomic E-state index is 0.122. The van der Waals surface area contributed by atoms with Gasteiger partial charge in [0.15, 0.2) is 11.5 Å². The van der Waals surface area contributed by atoms with Gasteiger partial charge in [-0.3, -0.25) is 0 Å². The number of methoxy groups -OCH3 is 2. The lowest BCUT2D eigenvalue weighted by atomic mass is 10.2. The average Bonchev–Trinajstić information content (AvgIpc) is 3.02. The molecule has 6 nitrogen and oxygen atoms in total. The predicted molar refractivity (Wildman–Crippen MR) is 91.9 cm³/mol. The van der Waals surface area contributed by atoms with Crippen LogP contribution in [-0.2, 0) is 16.6 Å². The Balaban J connectivity index is 1.80. The largest absolute Gasteiger partial charge is 0.493 e. The number of ether oxygens (including phenoxy) is 2. The van der Waals surface area contributed by atoms with Crippen LogP contribution in [0.5, 0.6) is 11.5 Å². The van der Waals surface area contributed by atoms with Crippen LogP contribution in [0.15, 0.2) is 53.4 Å². The number of fused-ring (bicyclic) bond motifs is 1. The molecule has 0 spiro atoms. The molecule has 1 aromatic heterocycles. The first kappa shape index (κ1) is 16.4. The highest BCUT2D eigenvalue weighted by Crippen LogP contribution is 2.29. The summed E-state index contributed by atoms with van der Waals surface area (Å²) in [5.41, 5.74) is 1.76. The van der Waals surface area contributed by atoms with E-state index in [1.165, 1.54) is 26.4 Å². The minimum atomic E-state index is -3.66. The van der Waals surface area contributed by atoms with Gasteiger partial charge >= 0.3 is 0 Å². The molecule has 126 valence electrons. The lowest BCUT2D eigenvalue weighted by Gasteiger charge is -2.10. The van der Waals surface area contributed by atoms with Gasteiger partial charge in [0.05, 0.1) is 25.7 Å². The Morgan fingerprint density at radius 3 is 2.46 bits per heavy atom. The number of sulfonamides is 1. The van der Waals surface area contributed by atoms with Crippen molar-refractivity contribution in [1.82, 2.24) is 9.71 Å². The molecule has 0 unspecified atom stereocenters. The van der Waals surface area contributed by atoms with E-state index >= 15 is 0 Å². The molecule has 0 saturated carbocycles. The smallest absolute Gasteiger partial charge is 0.241 e. The molecule has 0 aliphatic heterocycles. The average molecular weight is 346 g/mol. The van der Waals surface area contributed by atoms with Crippen molar-refractivity contribution in [2.24, 2.45) is 0 Å². The fraction of sp³-hybridized carbons (Fsp3) is 0.176. The van der Waals surface area contributed by atoms with Crippen LogP contribution in [0.3, 0.4) is 0 Å². The Hall–Kier alpha value is -2.51. The molecule has 2 N–H and O–H groups in total. The number of para-hydroxylation sites is 1. The molecule has 24 heavy (non-hydrogen) atoms. The van der Waals surface area contributed by atoms with Gasteiger partial charge < -0.3 is 14.5 Å². The Morgan fingerprint density at radius 1 is 1.00 bits per heavy atom. The van der Waals surface area contributed by atoms with Gasteiger partial charge in [-0.2, -0.15) is 0 Å². The number of hydrogen-bond acceptors (Lipinski definition) is 4. The van der Waals surface area contributed by atoms with Gasteiger partial charge in [-0.15, -0.1) is 0 Å². The summed E-state index contributed by atoms with van der Waals surface area (Å²) in [6, 6.07) is 14.2. The van der Waals surface area contributed by atoms with Gasteiger partial charge in [0.2, 0.25) is 10.0 Å². The molecule has 0 bridgehead atoms. The number of H-pyrrole nitrogens is 1. The van der Waals surface area contributed by atoms with Crippen LogP contribution in [0, 0.1) is 0 Å². The third-order valence-electron chi connectivity index (χ3n) is 3.70. The number of aromatic amines is 1. The van der Waals surface area contributed by atoms with E-state index in [4.69, 9.17) is 9.47 Å². The molecule has 2 aromatic carbocycles. The van der Waals surface area contributed by atoms with Crippen molar-refractivity contribution in [3.8, 4) is 11.5 Å². The molecule has 0 radical (unpaired) electrons. The van der Waals surface area contributed by atoms with Crippen molar-refractivity contribution in [3.63, 3.8) is 0 Å². The van der Waals surface area contributed by atoms with Crippen LogP contribution in [0.25, 0.3) is 10.9 Å². The Kier molecular flexibility index (Phi) is 4.46. The molecular weight excluding hydrogens is 328 g/mol. The maximum atomic E-state index is 12.5. The third kappa shape index (κ3) is 3.22. The van der Waals surface area contributed by atoms with E-state index in [0.29, 0.717) is 11.5 Å². The van der Waals surface area contributed by atoms with Crippen LogP contribution in [0.4, 0.5) is 0 Å². The maximum Gasteiger partial charge on any atom is 0.241 e. The number of rotatable bonds is 6. The predicted octanol–water partition coefficient (Wildman–Crippen LogP) is 2.66. The maximum absolute atomic E-state index is 12.5. The summed E-state index contributed by atoms with van der Waals surface area (Å²) < 4.78 is 37.8. The minimum Gasteiger partial charge on any atom is -0.493 e. The molecule has 1 heterocycles. The van der Waals surface area contributed by atoms with Crippen molar-refractivity contribution in [2.75, 3.05) is 14.2 Å². The van der Waals surface area contributed by atoms with Crippen molar-refractivity contribution >= 4 is 20.9 Å². The van der Waals surface area contributed by atoms with Crippen LogP contribution in [0.1, 0.15) is 5.69 Å². The van der Waals surface area contributed by atoms with Crippen molar-refractivity contribution in [1.29, 1.82) is 0 Å². The first-order valence-corrected chi connectivity index (χ1v) is 8.80. The van der Waals surface area contributed by atoms with Crippen LogP contribution >= 0.6 is 0 Å². The molecule has 3 rings (SSSR count). The monoisotopic (exact) mass is 346 g/mol. The summed E-state index contributed by atoms with van der Waals surface area (Å²) >= 11 is 0. The number of nitrogens with one attached hydrogen (secondary N) is 2. The summed E-state index contributed by atoms with van der Waals surface area (Å²) in [7, 11) is -0.694. The zero-order valence-corrected chi connectivity index (χ0v) is 14.2. The fourth-order valence-corrected chi connectivity index (χ4v) is 3.49. The molecule has 0 saturated heterocycles. The normalized spacial score (nSPS) is 11.6.